The normalized spacial score (nSPS) is 20.7. The van der Waals surface area contributed by atoms with Crippen LogP contribution in [0.15, 0.2) is 18.2 Å². The van der Waals surface area contributed by atoms with Crippen LogP contribution in [0, 0.1) is 0 Å². The van der Waals surface area contributed by atoms with Crippen LogP contribution in [0.3, 0.4) is 0 Å². The van der Waals surface area contributed by atoms with Crippen LogP contribution in [0.25, 0.3) is 5.57 Å². The van der Waals surface area contributed by atoms with Gasteiger partial charge in [-0.3, -0.25) is 0 Å². The molecule has 2 heterocycles. The smallest absolute Gasteiger partial charge is 0.123 e. The fraction of sp³-hybridized carbons (Fsp3) is 0.462. The Morgan fingerprint density at radius 1 is 1.38 bits per heavy atom. The van der Waals surface area contributed by atoms with E-state index < -0.39 is 0 Å². The minimum atomic E-state index is 1.07. The number of rotatable bonds is 1. The lowest BCUT2D eigenvalue weighted by molar-refractivity contribution is 0.314. The van der Waals surface area contributed by atoms with Crippen LogP contribution >= 0.6 is 11.3 Å². The first kappa shape index (κ1) is 10.2. The molecule has 0 N–H and O–H groups in total. The van der Waals surface area contributed by atoms with Crippen molar-refractivity contribution in [2.75, 3.05) is 13.6 Å². The average Bonchev–Trinajstić information content (AvgIpc) is 2.73. The lowest BCUT2D eigenvalue weighted by atomic mass is 10.1. The van der Waals surface area contributed by atoms with Gasteiger partial charge in [-0.25, -0.2) is 4.98 Å². The van der Waals surface area contributed by atoms with Crippen molar-refractivity contribution in [3.8, 4) is 0 Å². The molecule has 3 heteroatoms. The fourth-order valence-electron chi connectivity index (χ4n) is 2.22. The van der Waals surface area contributed by atoms with Crippen LogP contribution in [0.1, 0.15) is 28.4 Å². The molecule has 0 amide bonds. The van der Waals surface area contributed by atoms with Gasteiger partial charge in [-0.15, -0.1) is 11.3 Å². The Morgan fingerprint density at radius 2 is 2.31 bits per heavy atom. The first-order valence-electron chi connectivity index (χ1n) is 5.87. The van der Waals surface area contributed by atoms with E-state index in [1.165, 1.54) is 27.6 Å². The van der Waals surface area contributed by atoms with Gasteiger partial charge in [0.25, 0.3) is 0 Å². The molecule has 0 aromatic carbocycles. The maximum absolute atomic E-state index is 4.78. The molecule has 0 atom stereocenters. The van der Waals surface area contributed by atoms with Gasteiger partial charge in [0.1, 0.15) is 5.01 Å². The summed E-state index contributed by atoms with van der Waals surface area (Å²) in [6.07, 6.45) is 10.2. The molecule has 1 aromatic rings. The molecule has 3 rings (SSSR count). The summed E-state index contributed by atoms with van der Waals surface area (Å²) in [5, 5.41) is 1.22. The van der Waals surface area contributed by atoms with Crippen LogP contribution in [0.2, 0.25) is 0 Å². The molecule has 84 valence electrons. The average molecular weight is 232 g/mol. The van der Waals surface area contributed by atoms with E-state index in [1.54, 1.807) is 0 Å². The number of thiazole rings is 1. The van der Waals surface area contributed by atoms with Crippen LogP contribution in [-0.4, -0.2) is 23.5 Å². The Balaban J connectivity index is 1.92. The van der Waals surface area contributed by atoms with E-state index >= 15 is 0 Å². The van der Waals surface area contributed by atoms with Crippen molar-refractivity contribution in [3.05, 3.63) is 33.8 Å². The van der Waals surface area contributed by atoms with Crippen molar-refractivity contribution in [3.63, 3.8) is 0 Å². The molecule has 0 radical (unpaired) electrons. The van der Waals surface area contributed by atoms with E-state index in [9.17, 15) is 0 Å². The Labute approximate surface area is 100 Å². The topological polar surface area (TPSA) is 16.1 Å². The molecular weight excluding hydrogens is 216 g/mol. The second kappa shape index (κ2) is 4.15. The van der Waals surface area contributed by atoms with Crippen LogP contribution < -0.4 is 0 Å². The van der Waals surface area contributed by atoms with Gasteiger partial charge in [0.2, 0.25) is 0 Å². The summed E-state index contributed by atoms with van der Waals surface area (Å²) in [6, 6.07) is 0. The Bertz CT molecular complexity index is 456. The van der Waals surface area contributed by atoms with Crippen molar-refractivity contribution in [2.45, 2.75) is 25.8 Å². The third-order valence-corrected chi connectivity index (χ3v) is 4.30. The molecule has 2 nitrogen and oxygen atoms in total. The summed E-state index contributed by atoms with van der Waals surface area (Å²) >= 11 is 1.87. The highest BCUT2D eigenvalue weighted by Gasteiger charge is 2.19. The predicted molar refractivity (Wildman–Crippen MR) is 68.5 cm³/mol. The van der Waals surface area contributed by atoms with Crippen LogP contribution in [0.4, 0.5) is 0 Å². The predicted octanol–water partition coefficient (Wildman–Crippen LogP) is 2.86. The van der Waals surface area contributed by atoms with E-state index in [-0.39, 0.29) is 0 Å². The largest absolute Gasteiger partial charge is 0.301 e. The number of nitrogens with zero attached hydrogens (tertiary/aromatic N) is 2. The number of likely N-dealkylation sites (N-methyl/N-ethyl adjacent to an activating group) is 1. The zero-order valence-corrected chi connectivity index (χ0v) is 10.4. The second-order valence-electron chi connectivity index (χ2n) is 4.52. The zero-order valence-electron chi connectivity index (χ0n) is 9.57. The van der Waals surface area contributed by atoms with Gasteiger partial charge in [0, 0.05) is 30.0 Å². The van der Waals surface area contributed by atoms with Crippen LogP contribution in [0.5, 0.6) is 0 Å². The highest BCUT2D eigenvalue weighted by molar-refractivity contribution is 7.12. The molecule has 1 aliphatic carbocycles. The molecular formula is C13H16N2S. The Morgan fingerprint density at radius 3 is 3.12 bits per heavy atom. The molecule has 0 spiro atoms. The summed E-state index contributed by atoms with van der Waals surface area (Å²) in [5.74, 6) is 0. The third-order valence-electron chi connectivity index (χ3n) is 3.16. The quantitative estimate of drug-likeness (QED) is 0.740. The number of aromatic nitrogens is 1. The van der Waals surface area contributed by atoms with Crippen LogP contribution in [-0.2, 0) is 13.0 Å². The Kier molecular flexibility index (Phi) is 2.65. The monoisotopic (exact) mass is 232 g/mol. The SMILES string of the molecule is CN1CCc2nc(C3=CCCC=C3)sc2C1. The summed E-state index contributed by atoms with van der Waals surface area (Å²) in [7, 11) is 2.18. The number of fused-ring (bicyclic) bond motifs is 1. The minimum absolute atomic E-state index is 1.07. The molecule has 1 aromatic heterocycles. The highest BCUT2D eigenvalue weighted by atomic mass is 32.1. The van der Waals surface area contributed by atoms with E-state index in [4.69, 9.17) is 4.98 Å². The van der Waals surface area contributed by atoms with Crippen molar-refractivity contribution in [1.29, 1.82) is 0 Å². The molecule has 16 heavy (non-hydrogen) atoms. The Hall–Kier alpha value is -0.930. The third kappa shape index (κ3) is 1.85. The van der Waals surface area contributed by atoms with Gasteiger partial charge >= 0.3 is 0 Å². The van der Waals surface area contributed by atoms with Crippen molar-refractivity contribution >= 4 is 16.9 Å². The van der Waals surface area contributed by atoms with Gasteiger partial charge in [0.05, 0.1) is 5.69 Å². The molecule has 0 bridgehead atoms. The van der Waals surface area contributed by atoms with Gasteiger partial charge < -0.3 is 4.90 Å². The molecule has 0 unspecified atom stereocenters. The minimum Gasteiger partial charge on any atom is -0.301 e. The fourth-order valence-corrected chi connectivity index (χ4v) is 3.43. The molecule has 1 aliphatic heterocycles. The first-order valence-corrected chi connectivity index (χ1v) is 6.69. The summed E-state index contributed by atoms with van der Waals surface area (Å²) in [5.41, 5.74) is 2.66. The second-order valence-corrected chi connectivity index (χ2v) is 5.60. The van der Waals surface area contributed by atoms with Gasteiger partial charge in [-0.1, -0.05) is 18.2 Å². The lowest BCUT2D eigenvalue weighted by Gasteiger charge is -2.20. The van der Waals surface area contributed by atoms with Gasteiger partial charge in [-0.2, -0.15) is 0 Å². The maximum Gasteiger partial charge on any atom is 0.123 e. The number of hydrogen-bond acceptors (Lipinski definition) is 3. The van der Waals surface area contributed by atoms with Gasteiger partial charge in [-0.05, 0) is 19.9 Å². The summed E-state index contributed by atoms with van der Waals surface area (Å²) < 4.78 is 0. The van der Waals surface area contributed by atoms with Gasteiger partial charge in [0.15, 0.2) is 0 Å². The van der Waals surface area contributed by atoms with E-state index in [2.05, 4.69) is 30.2 Å². The lowest BCUT2D eigenvalue weighted by Crippen LogP contribution is -2.25. The maximum atomic E-state index is 4.78. The van der Waals surface area contributed by atoms with E-state index in [1.807, 2.05) is 11.3 Å². The zero-order chi connectivity index (χ0) is 11.0. The number of hydrogen-bond donors (Lipinski definition) is 0. The molecule has 0 saturated heterocycles. The highest BCUT2D eigenvalue weighted by Crippen LogP contribution is 2.30. The van der Waals surface area contributed by atoms with Crippen molar-refractivity contribution in [2.24, 2.45) is 0 Å². The van der Waals surface area contributed by atoms with E-state index in [0.717, 1.165) is 25.9 Å². The summed E-state index contributed by atoms with van der Waals surface area (Å²) in [6.45, 7) is 2.22. The number of allylic oxidation sites excluding steroid dienone is 4. The molecule has 2 aliphatic rings. The molecule has 0 saturated carbocycles. The van der Waals surface area contributed by atoms with E-state index in [0.29, 0.717) is 0 Å². The standard InChI is InChI=1S/C13H16N2S/c1-15-8-7-11-12(9-15)16-13(14-11)10-5-3-2-4-6-10/h3,5-6H,2,4,7-9H2,1H3. The molecule has 0 fully saturated rings. The summed E-state index contributed by atoms with van der Waals surface area (Å²) in [4.78, 5) is 8.61. The van der Waals surface area contributed by atoms with Crippen molar-refractivity contribution in [1.82, 2.24) is 9.88 Å². The van der Waals surface area contributed by atoms with Crippen molar-refractivity contribution < 1.29 is 0 Å². The first-order chi connectivity index (χ1) is 7.83.